The molecule has 0 N–H and O–H groups in total. The molecule has 18 heteroatoms. The highest BCUT2D eigenvalue weighted by Crippen LogP contribution is 2.57. The van der Waals surface area contributed by atoms with Gasteiger partial charge in [-0.3, -0.25) is 0 Å². The Kier molecular flexibility index (Phi) is 6.14. The molecule has 0 aliphatic heterocycles. The highest BCUT2D eigenvalue weighted by molar-refractivity contribution is 5.22. The summed E-state index contributed by atoms with van der Waals surface area (Å²) in [5.41, 5.74) is -15.0. The average molecular weight is 464 g/mol. The van der Waals surface area contributed by atoms with E-state index in [2.05, 4.69) is 0 Å². The zero-order valence-electron chi connectivity index (χ0n) is 12.0. The molecule has 0 heterocycles. The fourth-order valence-corrected chi connectivity index (χ4v) is 1.46. The van der Waals surface area contributed by atoms with E-state index in [9.17, 15) is 79.0 Å². The molecule has 0 amide bonds. The summed E-state index contributed by atoms with van der Waals surface area (Å²) in [6.07, 6.45) is -35.6. The van der Waals surface area contributed by atoms with Gasteiger partial charge in [-0.25, -0.2) is 8.78 Å². The van der Waals surface area contributed by atoms with E-state index >= 15 is 0 Å². The van der Waals surface area contributed by atoms with E-state index in [1.54, 1.807) is 0 Å². The molecule has 0 nitrogen and oxygen atoms in total. The van der Waals surface area contributed by atoms with E-state index in [1.807, 2.05) is 0 Å². The van der Waals surface area contributed by atoms with Crippen LogP contribution in [-0.4, -0.2) is 47.9 Å². The van der Waals surface area contributed by atoms with Crippen LogP contribution < -0.4 is 0 Å². The zero-order valence-corrected chi connectivity index (χ0v) is 12.0. The summed E-state index contributed by atoms with van der Waals surface area (Å²) in [4.78, 5) is 0. The second-order valence-corrected chi connectivity index (χ2v) is 4.89. The number of hydrogen-bond donors (Lipinski definition) is 0. The van der Waals surface area contributed by atoms with Crippen LogP contribution in [0.1, 0.15) is 0 Å². The minimum absolute atomic E-state index is 2.65. The van der Waals surface area contributed by atoms with Crippen LogP contribution in [0.25, 0.3) is 0 Å². The van der Waals surface area contributed by atoms with Crippen molar-refractivity contribution in [3.05, 3.63) is 12.2 Å². The molecule has 28 heavy (non-hydrogen) atoms. The molecule has 0 radical (unpaired) electrons. The maximum atomic E-state index is 13.4. The molecule has 0 saturated carbocycles. The van der Waals surface area contributed by atoms with E-state index in [4.69, 9.17) is 0 Å². The monoisotopic (exact) mass is 464 g/mol. The molecule has 0 aromatic rings. The standard InChI is InChI=1S/C10H2F18/c11-3(7(17,18)19,6(15,16)10(26,27)28)1-2-4(12,13)5(14,8(20,21)22)9(23,24)25/h1-2H. The second-order valence-electron chi connectivity index (χ2n) is 4.89. The van der Waals surface area contributed by atoms with Crippen molar-refractivity contribution in [3.8, 4) is 0 Å². The Morgan fingerprint density at radius 1 is 0.357 bits per heavy atom. The van der Waals surface area contributed by atoms with Crippen LogP contribution in [0, 0.1) is 0 Å². The molecule has 0 aromatic carbocycles. The second kappa shape index (κ2) is 6.50. The van der Waals surface area contributed by atoms with E-state index < -0.39 is 60.0 Å². The van der Waals surface area contributed by atoms with Gasteiger partial charge in [0.2, 0.25) is 0 Å². The van der Waals surface area contributed by atoms with Crippen molar-refractivity contribution >= 4 is 0 Å². The van der Waals surface area contributed by atoms with Crippen LogP contribution in [0.15, 0.2) is 12.2 Å². The Hall–Kier alpha value is -1.52. The fourth-order valence-electron chi connectivity index (χ4n) is 1.46. The van der Waals surface area contributed by atoms with Gasteiger partial charge in [0.1, 0.15) is 0 Å². The Labute approximate surface area is 140 Å². The highest BCUT2D eigenvalue weighted by atomic mass is 19.4. The number of rotatable bonds is 4. The summed E-state index contributed by atoms with van der Waals surface area (Å²) < 4.78 is 224. The molecule has 0 aliphatic carbocycles. The van der Waals surface area contributed by atoms with Gasteiger partial charge in [0.15, 0.2) is 0 Å². The molecule has 0 aliphatic rings. The topological polar surface area (TPSA) is 0 Å². The Morgan fingerprint density at radius 2 is 0.679 bits per heavy atom. The first kappa shape index (κ1) is 26.5. The van der Waals surface area contributed by atoms with Gasteiger partial charge in [-0.1, -0.05) is 0 Å². The van der Waals surface area contributed by atoms with Crippen LogP contribution in [0.4, 0.5) is 79.0 Å². The summed E-state index contributed by atoms with van der Waals surface area (Å²) in [6.45, 7) is 0. The van der Waals surface area contributed by atoms with Gasteiger partial charge >= 0.3 is 42.2 Å². The molecule has 0 rings (SSSR count). The van der Waals surface area contributed by atoms with Crippen molar-refractivity contribution in [3.63, 3.8) is 0 Å². The molecule has 0 spiro atoms. The molecule has 0 bridgehead atoms. The predicted molar refractivity (Wildman–Crippen MR) is 50.9 cm³/mol. The van der Waals surface area contributed by atoms with E-state index in [1.165, 1.54) is 0 Å². The molecular weight excluding hydrogens is 462 g/mol. The van der Waals surface area contributed by atoms with Crippen molar-refractivity contribution in [1.29, 1.82) is 0 Å². The first-order chi connectivity index (χ1) is 11.7. The summed E-state index contributed by atoms with van der Waals surface area (Å²) in [5, 5.41) is 0. The summed E-state index contributed by atoms with van der Waals surface area (Å²) in [5.74, 6) is -15.0. The Morgan fingerprint density at radius 3 is 0.893 bits per heavy atom. The number of halogens is 18. The van der Waals surface area contributed by atoms with E-state index in [0.717, 1.165) is 0 Å². The van der Waals surface area contributed by atoms with Gasteiger partial charge in [-0.05, 0) is 12.2 Å². The molecule has 0 fully saturated rings. The number of hydrogen-bond acceptors (Lipinski definition) is 0. The number of allylic oxidation sites excluding steroid dienone is 2. The minimum atomic E-state index is -7.76. The Balaban J connectivity index is 6.74. The van der Waals surface area contributed by atoms with Crippen LogP contribution in [-0.2, 0) is 0 Å². The molecule has 1 unspecified atom stereocenters. The predicted octanol–water partition coefficient (Wildman–Crippen LogP) is 6.48. The van der Waals surface area contributed by atoms with Crippen LogP contribution in [0.2, 0.25) is 0 Å². The molecule has 0 aromatic heterocycles. The van der Waals surface area contributed by atoms with Gasteiger partial charge in [0, 0.05) is 0 Å². The van der Waals surface area contributed by atoms with E-state index in [-0.39, 0.29) is 0 Å². The maximum Gasteiger partial charge on any atom is 0.457 e. The maximum absolute atomic E-state index is 13.4. The minimum Gasteiger partial charge on any atom is -0.222 e. The van der Waals surface area contributed by atoms with Gasteiger partial charge in [0.05, 0.1) is 0 Å². The van der Waals surface area contributed by atoms with Crippen molar-refractivity contribution < 1.29 is 79.0 Å². The SMILES string of the molecule is FC(F)(F)C(F)(F)C(F)(C=CC(F)(F)C(F)(C(F)(F)F)C(F)(F)F)C(F)(F)F. The smallest absolute Gasteiger partial charge is 0.222 e. The third kappa shape index (κ3) is 3.81. The van der Waals surface area contributed by atoms with Gasteiger partial charge in [-0.2, -0.15) is 70.2 Å². The third-order valence-corrected chi connectivity index (χ3v) is 2.99. The summed E-state index contributed by atoms with van der Waals surface area (Å²) in [6, 6.07) is 0. The first-order valence-electron chi connectivity index (χ1n) is 5.81. The highest BCUT2D eigenvalue weighted by Gasteiger charge is 2.85. The lowest BCUT2D eigenvalue weighted by Crippen LogP contribution is -2.64. The van der Waals surface area contributed by atoms with Gasteiger partial charge in [-0.15, -0.1) is 0 Å². The van der Waals surface area contributed by atoms with Crippen molar-refractivity contribution in [2.75, 3.05) is 0 Å². The van der Waals surface area contributed by atoms with Crippen LogP contribution >= 0.6 is 0 Å². The lowest BCUT2D eigenvalue weighted by molar-refractivity contribution is -0.387. The average Bonchev–Trinajstić information content (AvgIpc) is 2.38. The van der Waals surface area contributed by atoms with Crippen molar-refractivity contribution in [2.45, 2.75) is 47.9 Å². The quantitative estimate of drug-likeness (QED) is 0.330. The zero-order chi connectivity index (χ0) is 23.4. The molecular formula is C10H2F18. The summed E-state index contributed by atoms with van der Waals surface area (Å²) >= 11 is 0. The lowest BCUT2D eigenvalue weighted by atomic mass is 9.90. The molecule has 168 valence electrons. The first-order valence-corrected chi connectivity index (χ1v) is 5.81. The Bertz CT molecular complexity index is 567. The fraction of sp³-hybridized carbons (Fsp3) is 0.800. The van der Waals surface area contributed by atoms with Crippen molar-refractivity contribution in [1.82, 2.24) is 0 Å². The molecule has 0 saturated heterocycles. The lowest BCUT2D eigenvalue weighted by Gasteiger charge is -2.36. The van der Waals surface area contributed by atoms with Crippen molar-refractivity contribution in [2.24, 2.45) is 0 Å². The third-order valence-electron chi connectivity index (χ3n) is 2.99. The van der Waals surface area contributed by atoms with Gasteiger partial charge in [0.25, 0.3) is 5.67 Å². The normalized spacial score (nSPS) is 18.5. The van der Waals surface area contributed by atoms with Crippen LogP contribution in [0.3, 0.4) is 0 Å². The molecule has 1 atom stereocenters. The largest absolute Gasteiger partial charge is 0.457 e. The van der Waals surface area contributed by atoms with E-state index in [0.29, 0.717) is 0 Å². The summed E-state index contributed by atoms with van der Waals surface area (Å²) in [7, 11) is 0. The van der Waals surface area contributed by atoms with Crippen LogP contribution in [0.5, 0.6) is 0 Å². The number of alkyl halides is 18. The van der Waals surface area contributed by atoms with Gasteiger partial charge < -0.3 is 0 Å².